The molecule has 3 rings (SSSR count). The Hall–Kier alpha value is -2.71. The van der Waals surface area contributed by atoms with Crippen LogP contribution in [0.25, 0.3) is 11.1 Å². The lowest BCUT2D eigenvalue weighted by Crippen LogP contribution is -2.30. The standard InChI is InChI=1S/C18H18N2O5S/c1-12(2)20-26(22,23)14-7-5-6-13(10-14)18(21)24-11-17-19-15-8-3-4-9-16(15)25-17/h3-10,12,20H,11H2,1-2H3. The van der Waals surface area contributed by atoms with Crippen molar-refractivity contribution in [2.45, 2.75) is 31.4 Å². The number of hydrogen-bond donors (Lipinski definition) is 1. The van der Waals surface area contributed by atoms with Crippen molar-refractivity contribution in [2.75, 3.05) is 0 Å². The predicted octanol–water partition coefficient (Wildman–Crippen LogP) is 2.87. The summed E-state index contributed by atoms with van der Waals surface area (Å²) in [5.41, 5.74) is 1.41. The molecule has 0 spiro atoms. The molecule has 1 heterocycles. The Kier molecular flexibility index (Phi) is 5.06. The second-order valence-electron chi connectivity index (χ2n) is 5.96. The largest absolute Gasteiger partial charge is 0.452 e. The first kappa shape index (κ1) is 18.1. The van der Waals surface area contributed by atoms with Gasteiger partial charge in [0.25, 0.3) is 0 Å². The van der Waals surface area contributed by atoms with Crippen molar-refractivity contribution in [3.8, 4) is 0 Å². The number of para-hydroxylation sites is 2. The van der Waals surface area contributed by atoms with Crippen LogP contribution in [-0.4, -0.2) is 25.4 Å². The Labute approximate surface area is 151 Å². The van der Waals surface area contributed by atoms with Crippen molar-refractivity contribution in [3.63, 3.8) is 0 Å². The van der Waals surface area contributed by atoms with Crippen molar-refractivity contribution in [2.24, 2.45) is 0 Å². The predicted molar refractivity (Wildman–Crippen MR) is 95.0 cm³/mol. The number of nitrogens with zero attached hydrogens (tertiary/aromatic N) is 1. The molecule has 3 aromatic rings. The Morgan fingerprint density at radius 3 is 2.69 bits per heavy atom. The van der Waals surface area contributed by atoms with Gasteiger partial charge in [-0.1, -0.05) is 18.2 Å². The summed E-state index contributed by atoms with van der Waals surface area (Å²) in [5, 5.41) is 0. The normalized spacial score (nSPS) is 11.8. The van der Waals surface area contributed by atoms with Crippen LogP contribution in [0.4, 0.5) is 0 Å². The number of aromatic nitrogens is 1. The third-order valence-electron chi connectivity index (χ3n) is 3.44. The summed E-state index contributed by atoms with van der Waals surface area (Å²) in [6.45, 7) is 3.29. The minimum atomic E-state index is -3.69. The fourth-order valence-corrected chi connectivity index (χ4v) is 3.66. The summed E-state index contributed by atoms with van der Waals surface area (Å²) in [6, 6.07) is 12.6. The van der Waals surface area contributed by atoms with Gasteiger partial charge in [0, 0.05) is 6.04 Å². The average Bonchev–Trinajstić information content (AvgIpc) is 3.01. The average molecular weight is 374 g/mol. The fraction of sp³-hybridized carbons (Fsp3) is 0.222. The van der Waals surface area contributed by atoms with Crippen LogP contribution >= 0.6 is 0 Å². The van der Waals surface area contributed by atoms with E-state index in [1.165, 1.54) is 24.3 Å². The molecule has 0 bridgehead atoms. The van der Waals surface area contributed by atoms with E-state index in [2.05, 4.69) is 9.71 Å². The molecule has 8 heteroatoms. The van der Waals surface area contributed by atoms with Gasteiger partial charge in [-0.25, -0.2) is 22.9 Å². The number of ether oxygens (including phenoxy) is 1. The van der Waals surface area contributed by atoms with E-state index < -0.39 is 16.0 Å². The van der Waals surface area contributed by atoms with E-state index in [4.69, 9.17) is 9.15 Å². The molecule has 0 atom stereocenters. The van der Waals surface area contributed by atoms with Crippen LogP contribution in [0.1, 0.15) is 30.1 Å². The second-order valence-corrected chi connectivity index (χ2v) is 7.67. The SMILES string of the molecule is CC(C)NS(=O)(=O)c1cccc(C(=O)OCc2nc3ccccc3o2)c1. The van der Waals surface area contributed by atoms with Crippen molar-refractivity contribution in [3.05, 3.63) is 60.0 Å². The van der Waals surface area contributed by atoms with Gasteiger partial charge in [-0.2, -0.15) is 0 Å². The van der Waals surface area contributed by atoms with Crippen molar-refractivity contribution in [1.29, 1.82) is 0 Å². The van der Waals surface area contributed by atoms with E-state index >= 15 is 0 Å². The second kappa shape index (κ2) is 7.27. The van der Waals surface area contributed by atoms with Crippen LogP contribution in [0.2, 0.25) is 0 Å². The summed E-state index contributed by atoms with van der Waals surface area (Å²) in [6.07, 6.45) is 0. The minimum absolute atomic E-state index is 0.00233. The van der Waals surface area contributed by atoms with Gasteiger partial charge in [0.1, 0.15) is 5.52 Å². The maximum atomic E-state index is 12.2. The number of hydrogen-bond acceptors (Lipinski definition) is 6. The maximum Gasteiger partial charge on any atom is 0.338 e. The number of carbonyl (C=O) groups excluding carboxylic acids is 1. The summed E-state index contributed by atoms with van der Waals surface area (Å²) < 4.78 is 37.5. The van der Waals surface area contributed by atoms with Gasteiger partial charge in [-0.15, -0.1) is 0 Å². The number of benzene rings is 2. The van der Waals surface area contributed by atoms with Crippen molar-refractivity contribution in [1.82, 2.24) is 9.71 Å². The Morgan fingerprint density at radius 1 is 1.19 bits per heavy atom. The molecule has 0 saturated carbocycles. The van der Waals surface area contributed by atoms with Crippen molar-refractivity contribution < 1.29 is 22.4 Å². The maximum absolute atomic E-state index is 12.2. The molecule has 0 aliphatic heterocycles. The molecule has 0 aliphatic rings. The molecule has 0 aliphatic carbocycles. The number of fused-ring (bicyclic) bond motifs is 1. The summed E-state index contributed by atoms with van der Waals surface area (Å²) in [7, 11) is -3.69. The lowest BCUT2D eigenvalue weighted by molar-refractivity contribution is 0.0440. The van der Waals surface area contributed by atoms with E-state index in [0.717, 1.165) is 0 Å². The molecular weight excluding hydrogens is 356 g/mol. The number of nitrogens with one attached hydrogen (secondary N) is 1. The smallest absolute Gasteiger partial charge is 0.338 e. The molecule has 1 aromatic heterocycles. The zero-order valence-corrected chi connectivity index (χ0v) is 15.1. The van der Waals surface area contributed by atoms with Gasteiger partial charge < -0.3 is 9.15 Å². The topological polar surface area (TPSA) is 98.5 Å². The van der Waals surface area contributed by atoms with Crippen molar-refractivity contribution >= 4 is 27.1 Å². The lowest BCUT2D eigenvalue weighted by Gasteiger charge is -2.10. The first-order chi connectivity index (χ1) is 12.3. The highest BCUT2D eigenvalue weighted by molar-refractivity contribution is 7.89. The van der Waals surface area contributed by atoms with E-state index in [1.807, 2.05) is 12.1 Å². The molecule has 7 nitrogen and oxygen atoms in total. The Balaban J connectivity index is 1.72. The number of carbonyl (C=O) groups is 1. The Morgan fingerprint density at radius 2 is 1.96 bits per heavy atom. The Bertz CT molecular complexity index is 1010. The van der Waals surface area contributed by atoms with Gasteiger partial charge in [0.05, 0.1) is 10.5 Å². The molecule has 0 radical (unpaired) electrons. The molecule has 1 N–H and O–H groups in total. The van der Waals surface area contributed by atoms with Crippen LogP contribution < -0.4 is 4.72 Å². The quantitative estimate of drug-likeness (QED) is 0.666. The highest BCUT2D eigenvalue weighted by Crippen LogP contribution is 2.17. The molecule has 0 unspecified atom stereocenters. The number of rotatable bonds is 6. The summed E-state index contributed by atoms with van der Waals surface area (Å²) >= 11 is 0. The fourth-order valence-electron chi connectivity index (χ4n) is 2.36. The third kappa shape index (κ3) is 4.09. The number of esters is 1. The molecule has 2 aromatic carbocycles. The first-order valence-corrected chi connectivity index (χ1v) is 9.47. The van der Waals surface area contributed by atoms with E-state index in [0.29, 0.717) is 11.1 Å². The molecular formula is C18H18N2O5S. The highest BCUT2D eigenvalue weighted by atomic mass is 32.2. The number of oxazole rings is 1. The van der Waals surface area contributed by atoms with Crippen LogP contribution in [0.15, 0.2) is 57.8 Å². The summed E-state index contributed by atoms with van der Waals surface area (Å²) in [5.74, 6) is -0.390. The zero-order chi connectivity index (χ0) is 18.7. The number of sulfonamides is 1. The van der Waals surface area contributed by atoms with Crippen LogP contribution in [-0.2, 0) is 21.4 Å². The summed E-state index contributed by atoms with van der Waals surface area (Å²) in [4.78, 5) is 16.4. The zero-order valence-electron chi connectivity index (χ0n) is 14.3. The van der Waals surface area contributed by atoms with Gasteiger partial charge in [-0.05, 0) is 44.2 Å². The molecule has 0 amide bonds. The molecule has 0 saturated heterocycles. The van der Waals surface area contributed by atoms with Gasteiger partial charge in [0.2, 0.25) is 15.9 Å². The van der Waals surface area contributed by atoms with Gasteiger partial charge in [-0.3, -0.25) is 0 Å². The monoisotopic (exact) mass is 374 g/mol. The van der Waals surface area contributed by atoms with Crippen LogP contribution in [0, 0.1) is 0 Å². The minimum Gasteiger partial charge on any atom is -0.452 e. The third-order valence-corrected chi connectivity index (χ3v) is 5.09. The first-order valence-electron chi connectivity index (χ1n) is 7.99. The molecule has 0 fully saturated rings. The van der Waals surface area contributed by atoms with E-state index in [1.54, 1.807) is 26.0 Å². The van der Waals surface area contributed by atoms with E-state index in [9.17, 15) is 13.2 Å². The van der Waals surface area contributed by atoms with E-state index in [-0.39, 0.29) is 29.0 Å². The van der Waals surface area contributed by atoms with Gasteiger partial charge >= 0.3 is 5.97 Å². The lowest BCUT2D eigenvalue weighted by atomic mass is 10.2. The molecule has 136 valence electrons. The van der Waals surface area contributed by atoms with Crippen LogP contribution in [0.5, 0.6) is 0 Å². The van der Waals surface area contributed by atoms with Gasteiger partial charge in [0.15, 0.2) is 12.2 Å². The molecule has 26 heavy (non-hydrogen) atoms. The van der Waals surface area contributed by atoms with Crippen LogP contribution in [0.3, 0.4) is 0 Å². The highest BCUT2D eigenvalue weighted by Gasteiger charge is 2.18.